The first kappa shape index (κ1) is 18.9. The molecular formula is C19H22ClN3O2. The van der Waals surface area contributed by atoms with Crippen molar-refractivity contribution in [1.82, 2.24) is 15.2 Å². The van der Waals surface area contributed by atoms with Gasteiger partial charge in [0.15, 0.2) is 0 Å². The molecular weight excluding hydrogens is 338 g/mol. The van der Waals surface area contributed by atoms with E-state index in [1.165, 1.54) is 12.3 Å². The van der Waals surface area contributed by atoms with Gasteiger partial charge in [0.2, 0.25) is 0 Å². The number of rotatable bonds is 7. The molecule has 2 aromatic rings. The fraction of sp³-hybridized carbons (Fsp3) is 0.316. The first-order valence-electron chi connectivity index (χ1n) is 8.26. The second kappa shape index (κ2) is 9.18. The zero-order valence-corrected chi connectivity index (χ0v) is 15.2. The van der Waals surface area contributed by atoms with Gasteiger partial charge in [-0.15, -0.1) is 0 Å². The summed E-state index contributed by atoms with van der Waals surface area (Å²) in [7, 11) is 1.74. The molecule has 1 N–H and O–H groups in total. The molecule has 25 heavy (non-hydrogen) atoms. The lowest BCUT2D eigenvalue weighted by Gasteiger charge is -2.16. The summed E-state index contributed by atoms with van der Waals surface area (Å²) in [4.78, 5) is 30.4. The van der Waals surface area contributed by atoms with Gasteiger partial charge in [0.05, 0.1) is 0 Å². The van der Waals surface area contributed by atoms with Gasteiger partial charge in [-0.05, 0) is 30.2 Å². The highest BCUT2D eigenvalue weighted by atomic mass is 35.5. The van der Waals surface area contributed by atoms with Gasteiger partial charge in [0, 0.05) is 36.9 Å². The van der Waals surface area contributed by atoms with E-state index in [2.05, 4.69) is 17.2 Å². The van der Waals surface area contributed by atoms with Gasteiger partial charge >= 0.3 is 0 Å². The molecule has 5 nitrogen and oxygen atoms in total. The fourth-order valence-corrected chi connectivity index (χ4v) is 2.50. The third-order valence-electron chi connectivity index (χ3n) is 3.83. The molecule has 1 aromatic heterocycles. The molecule has 6 heteroatoms. The zero-order valence-electron chi connectivity index (χ0n) is 14.5. The molecule has 1 aromatic carbocycles. The molecule has 0 spiro atoms. The number of halogens is 1. The monoisotopic (exact) mass is 359 g/mol. The van der Waals surface area contributed by atoms with Crippen LogP contribution in [-0.4, -0.2) is 35.3 Å². The van der Waals surface area contributed by atoms with Crippen molar-refractivity contribution in [2.24, 2.45) is 0 Å². The number of nitrogens with zero attached hydrogens (tertiary/aromatic N) is 2. The molecule has 0 radical (unpaired) electrons. The summed E-state index contributed by atoms with van der Waals surface area (Å²) in [6, 6.07) is 10.4. The molecule has 0 aliphatic rings. The summed E-state index contributed by atoms with van der Waals surface area (Å²) in [5.41, 5.74) is 1.50. The maximum atomic E-state index is 12.4. The van der Waals surface area contributed by atoms with Crippen LogP contribution >= 0.6 is 11.6 Å². The quantitative estimate of drug-likeness (QED) is 0.822. The molecule has 0 saturated heterocycles. The Morgan fingerprint density at radius 3 is 2.72 bits per heavy atom. The van der Waals surface area contributed by atoms with Crippen LogP contribution in [0.3, 0.4) is 0 Å². The molecule has 2 amide bonds. The molecule has 1 heterocycles. The largest absolute Gasteiger partial charge is 0.348 e. The van der Waals surface area contributed by atoms with Gasteiger partial charge in [0.25, 0.3) is 11.8 Å². The number of carbonyl (C=O) groups is 2. The number of hydrogen-bond donors (Lipinski definition) is 1. The molecule has 0 saturated carbocycles. The average Bonchev–Trinajstić information content (AvgIpc) is 2.64. The Morgan fingerprint density at radius 1 is 1.24 bits per heavy atom. The number of aromatic nitrogens is 1. The maximum Gasteiger partial charge on any atom is 0.272 e. The van der Waals surface area contributed by atoms with E-state index in [1.807, 2.05) is 18.2 Å². The lowest BCUT2D eigenvalue weighted by atomic mass is 10.2. The normalized spacial score (nSPS) is 10.4. The molecule has 0 unspecified atom stereocenters. The van der Waals surface area contributed by atoms with Crippen LogP contribution in [0.25, 0.3) is 0 Å². The Labute approximate surface area is 153 Å². The van der Waals surface area contributed by atoms with Crippen LogP contribution in [0.5, 0.6) is 0 Å². The molecule has 0 bridgehead atoms. The Bertz CT molecular complexity index is 749. The fourth-order valence-electron chi connectivity index (χ4n) is 2.30. The summed E-state index contributed by atoms with van der Waals surface area (Å²) >= 11 is 6.09. The predicted octanol–water partition coefficient (Wildman–Crippen LogP) is 3.54. The molecule has 0 aliphatic carbocycles. The highest BCUT2D eigenvalue weighted by Crippen LogP contribution is 2.14. The van der Waals surface area contributed by atoms with Crippen molar-refractivity contribution in [2.75, 3.05) is 13.6 Å². The van der Waals surface area contributed by atoms with Crippen molar-refractivity contribution in [3.63, 3.8) is 0 Å². The Morgan fingerprint density at radius 2 is 2.00 bits per heavy atom. The summed E-state index contributed by atoms with van der Waals surface area (Å²) < 4.78 is 0. The average molecular weight is 360 g/mol. The number of amides is 2. The van der Waals surface area contributed by atoms with Crippen LogP contribution in [0.2, 0.25) is 5.02 Å². The molecule has 0 aliphatic heterocycles. The molecule has 0 fully saturated rings. The van der Waals surface area contributed by atoms with E-state index >= 15 is 0 Å². The predicted molar refractivity (Wildman–Crippen MR) is 98.7 cm³/mol. The van der Waals surface area contributed by atoms with Crippen LogP contribution < -0.4 is 5.32 Å². The first-order valence-corrected chi connectivity index (χ1v) is 8.63. The van der Waals surface area contributed by atoms with E-state index in [4.69, 9.17) is 11.6 Å². The van der Waals surface area contributed by atoms with Crippen molar-refractivity contribution in [3.8, 4) is 0 Å². The van der Waals surface area contributed by atoms with Crippen LogP contribution in [0, 0.1) is 0 Å². The minimum atomic E-state index is -0.271. The van der Waals surface area contributed by atoms with Gasteiger partial charge in [-0.3, -0.25) is 14.6 Å². The Kier molecular flexibility index (Phi) is 6.95. The SMILES string of the molecule is CCCCN(C)C(=O)c1cc(C(=O)NCc2ccccc2Cl)ccn1. The zero-order chi connectivity index (χ0) is 18.2. The number of carbonyl (C=O) groups excluding carboxylic acids is 2. The molecule has 132 valence electrons. The topological polar surface area (TPSA) is 62.3 Å². The van der Waals surface area contributed by atoms with Crippen molar-refractivity contribution < 1.29 is 9.59 Å². The van der Waals surface area contributed by atoms with E-state index in [9.17, 15) is 9.59 Å². The van der Waals surface area contributed by atoms with E-state index in [0.29, 0.717) is 23.7 Å². The van der Waals surface area contributed by atoms with Gasteiger partial charge in [-0.1, -0.05) is 43.1 Å². The number of unbranched alkanes of at least 4 members (excludes halogenated alkanes) is 1. The van der Waals surface area contributed by atoms with Crippen molar-refractivity contribution in [1.29, 1.82) is 0 Å². The summed E-state index contributed by atoms with van der Waals surface area (Å²) in [5, 5.41) is 3.41. The van der Waals surface area contributed by atoms with Gasteiger partial charge < -0.3 is 10.2 Å². The van der Waals surface area contributed by atoms with Crippen LogP contribution in [0.15, 0.2) is 42.6 Å². The second-order valence-electron chi connectivity index (χ2n) is 5.78. The minimum absolute atomic E-state index is 0.186. The Balaban J connectivity index is 2.03. The smallest absolute Gasteiger partial charge is 0.272 e. The highest BCUT2D eigenvalue weighted by Gasteiger charge is 2.15. The summed E-state index contributed by atoms with van der Waals surface area (Å²) in [6.07, 6.45) is 3.42. The second-order valence-corrected chi connectivity index (χ2v) is 6.19. The van der Waals surface area contributed by atoms with Gasteiger partial charge in [0.1, 0.15) is 5.69 Å². The van der Waals surface area contributed by atoms with E-state index in [1.54, 1.807) is 24.1 Å². The summed E-state index contributed by atoms with van der Waals surface area (Å²) in [5.74, 6) is -0.457. The molecule has 2 rings (SSSR count). The number of pyridine rings is 1. The third-order valence-corrected chi connectivity index (χ3v) is 4.20. The standard InChI is InChI=1S/C19H22ClN3O2/c1-3-4-11-23(2)19(25)17-12-14(9-10-21-17)18(24)22-13-15-7-5-6-8-16(15)20/h5-10,12H,3-4,11,13H2,1-2H3,(H,22,24). The summed E-state index contributed by atoms with van der Waals surface area (Å²) in [6.45, 7) is 3.06. The van der Waals surface area contributed by atoms with Crippen LogP contribution in [0.4, 0.5) is 0 Å². The first-order chi connectivity index (χ1) is 12.0. The van der Waals surface area contributed by atoms with Crippen molar-refractivity contribution in [2.45, 2.75) is 26.3 Å². The number of hydrogen-bond acceptors (Lipinski definition) is 3. The van der Waals surface area contributed by atoms with E-state index < -0.39 is 0 Å². The minimum Gasteiger partial charge on any atom is -0.348 e. The lowest BCUT2D eigenvalue weighted by Crippen LogP contribution is -2.29. The van der Waals surface area contributed by atoms with E-state index in [-0.39, 0.29) is 17.5 Å². The third kappa shape index (κ3) is 5.29. The van der Waals surface area contributed by atoms with E-state index in [0.717, 1.165) is 18.4 Å². The van der Waals surface area contributed by atoms with Crippen molar-refractivity contribution >= 4 is 23.4 Å². The van der Waals surface area contributed by atoms with Crippen LogP contribution in [-0.2, 0) is 6.54 Å². The number of nitrogens with one attached hydrogen (secondary N) is 1. The van der Waals surface area contributed by atoms with Gasteiger partial charge in [-0.2, -0.15) is 0 Å². The van der Waals surface area contributed by atoms with Gasteiger partial charge in [-0.25, -0.2) is 0 Å². The molecule has 0 atom stereocenters. The maximum absolute atomic E-state index is 12.4. The number of benzene rings is 1. The Hall–Kier alpha value is -2.40. The lowest BCUT2D eigenvalue weighted by molar-refractivity contribution is 0.0787. The highest BCUT2D eigenvalue weighted by molar-refractivity contribution is 6.31. The van der Waals surface area contributed by atoms with Crippen molar-refractivity contribution in [3.05, 3.63) is 64.4 Å². The van der Waals surface area contributed by atoms with Crippen LogP contribution in [0.1, 0.15) is 46.2 Å².